The molecule has 2 aromatic carbocycles. The fourth-order valence-corrected chi connectivity index (χ4v) is 1.80. The van der Waals surface area contributed by atoms with Gasteiger partial charge in [0.2, 0.25) is 0 Å². The maximum Gasteiger partial charge on any atom is 0.338 e. The second kappa shape index (κ2) is 7.24. The molecule has 0 spiro atoms. The highest BCUT2D eigenvalue weighted by molar-refractivity contribution is 5.89. The number of hydrogen-bond acceptors (Lipinski definition) is 4. The van der Waals surface area contributed by atoms with Crippen LogP contribution in [0.3, 0.4) is 0 Å². The van der Waals surface area contributed by atoms with E-state index in [-0.39, 0.29) is 25.0 Å². The number of methoxy groups -OCH3 is 1. The Labute approximate surface area is 123 Å². The Bertz CT molecular complexity index is 602. The van der Waals surface area contributed by atoms with Crippen molar-refractivity contribution >= 4 is 11.9 Å². The van der Waals surface area contributed by atoms with Crippen LogP contribution < -0.4 is 0 Å². The van der Waals surface area contributed by atoms with Gasteiger partial charge in [0.1, 0.15) is 6.61 Å². The topological polar surface area (TPSA) is 52.6 Å². The maximum atomic E-state index is 11.8. The lowest BCUT2D eigenvalue weighted by Gasteiger charge is -2.06. The van der Waals surface area contributed by atoms with E-state index in [2.05, 4.69) is 4.74 Å². The van der Waals surface area contributed by atoms with Crippen molar-refractivity contribution in [2.45, 2.75) is 13.0 Å². The van der Waals surface area contributed by atoms with Crippen LogP contribution in [0, 0.1) is 0 Å². The molecule has 0 saturated heterocycles. The predicted octanol–water partition coefficient (Wildman–Crippen LogP) is 2.76. The minimum absolute atomic E-state index is 0.201. The molecule has 2 rings (SSSR count). The SMILES string of the molecule is COC(=O)Cc1ccc(COC(=O)c2ccccc2)cc1. The number of carbonyl (C=O) groups excluding carboxylic acids is 2. The van der Waals surface area contributed by atoms with Gasteiger partial charge >= 0.3 is 11.9 Å². The van der Waals surface area contributed by atoms with Crippen LogP contribution >= 0.6 is 0 Å². The smallest absolute Gasteiger partial charge is 0.338 e. The van der Waals surface area contributed by atoms with E-state index in [1.165, 1.54) is 7.11 Å². The average Bonchev–Trinajstić information content (AvgIpc) is 2.54. The number of hydrogen-bond donors (Lipinski definition) is 0. The number of esters is 2. The third kappa shape index (κ3) is 4.45. The molecule has 0 aliphatic carbocycles. The van der Waals surface area contributed by atoms with E-state index in [9.17, 15) is 9.59 Å². The number of rotatable bonds is 5. The molecule has 4 nitrogen and oxygen atoms in total. The van der Waals surface area contributed by atoms with Crippen LogP contribution in [-0.2, 0) is 27.3 Å². The van der Waals surface area contributed by atoms with Crippen LogP contribution in [0.25, 0.3) is 0 Å². The second-order valence-electron chi connectivity index (χ2n) is 4.51. The first-order valence-electron chi connectivity index (χ1n) is 6.56. The monoisotopic (exact) mass is 284 g/mol. The van der Waals surface area contributed by atoms with Gasteiger partial charge in [-0.05, 0) is 23.3 Å². The number of ether oxygens (including phenoxy) is 2. The Kier molecular flexibility index (Phi) is 5.10. The van der Waals surface area contributed by atoms with Crippen LogP contribution in [0.5, 0.6) is 0 Å². The van der Waals surface area contributed by atoms with Crippen LogP contribution in [0.4, 0.5) is 0 Å². The highest BCUT2D eigenvalue weighted by Gasteiger charge is 2.07. The van der Waals surface area contributed by atoms with Gasteiger partial charge in [0.15, 0.2) is 0 Å². The zero-order valence-corrected chi connectivity index (χ0v) is 11.7. The predicted molar refractivity (Wildman–Crippen MR) is 77.7 cm³/mol. The van der Waals surface area contributed by atoms with Crippen LogP contribution in [0.15, 0.2) is 54.6 Å². The molecular weight excluding hydrogens is 268 g/mol. The molecule has 21 heavy (non-hydrogen) atoms. The molecule has 0 fully saturated rings. The summed E-state index contributed by atoms with van der Waals surface area (Å²) in [6.07, 6.45) is 0.237. The molecule has 0 N–H and O–H groups in total. The van der Waals surface area contributed by atoms with Gasteiger partial charge in [0.05, 0.1) is 19.1 Å². The van der Waals surface area contributed by atoms with Gasteiger partial charge in [-0.25, -0.2) is 4.79 Å². The van der Waals surface area contributed by atoms with Crippen molar-refractivity contribution in [1.29, 1.82) is 0 Å². The largest absolute Gasteiger partial charge is 0.469 e. The minimum atomic E-state index is -0.353. The summed E-state index contributed by atoms with van der Waals surface area (Å²) < 4.78 is 9.83. The number of benzene rings is 2. The Morgan fingerprint density at radius 1 is 0.905 bits per heavy atom. The Morgan fingerprint density at radius 2 is 1.52 bits per heavy atom. The summed E-state index contributed by atoms with van der Waals surface area (Å²) in [6.45, 7) is 0.201. The summed E-state index contributed by atoms with van der Waals surface area (Å²) in [4.78, 5) is 22.9. The van der Waals surface area contributed by atoms with Crippen molar-refractivity contribution in [3.63, 3.8) is 0 Å². The lowest BCUT2D eigenvalue weighted by atomic mass is 10.1. The van der Waals surface area contributed by atoms with E-state index < -0.39 is 0 Å². The first kappa shape index (κ1) is 14.8. The summed E-state index contributed by atoms with van der Waals surface area (Å²) in [5, 5.41) is 0. The van der Waals surface area contributed by atoms with Crippen molar-refractivity contribution in [3.8, 4) is 0 Å². The summed E-state index contributed by atoms with van der Waals surface area (Å²) in [5.41, 5.74) is 2.26. The van der Waals surface area contributed by atoms with E-state index >= 15 is 0 Å². The van der Waals surface area contributed by atoms with E-state index in [1.807, 2.05) is 30.3 Å². The molecule has 2 aromatic rings. The molecule has 4 heteroatoms. The average molecular weight is 284 g/mol. The van der Waals surface area contributed by atoms with Crippen molar-refractivity contribution in [2.24, 2.45) is 0 Å². The number of carbonyl (C=O) groups is 2. The van der Waals surface area contributed by atoms with Crippen molar-refractivity contribution < 1.29 is 19.1 Å². The van der Waals surface area contributed by atoms with Crippen molar-refractivity contribution in [2.75, 3.05) is 7.11 Å². The normalized spacial score (nSPS) is 9.95. The Balaban J connectivity index is 1.89. The molecule has 0 radical (unpaired) electrons. The molecule has 0 bridgehead atoms. The third-order valence-electron chi connectivity index (χ3n) is 2.98. The molecule has 108 valence electrons. The van der Waals surface area contributed by atoms with Crippen LogP contribution in [-0.4, -0.2) is 19.0 Å². The van der Waals surface area contributed by atoms with E-state index in [0.29, 0.717) is 5.56 Å². The second-order valence-corrected chi connectivity index (χ2v) is 4.51. The third-order valence-corrected chi connectivity index (χ3v) is 2.98. The molecule has 0 heterocycles. The molecule has 0 aromatic heterocycles. The fraction of sp³-hybridized carbons (Fsp3) is 0.176. The quantitative estimate of drug-likeness (QED) is 0.792. The zero-order valence-electron chi connectivity index (χ0n) is 11.7. The molecule has 0 aliphatic heterocycles. The lowest BCUT2D eigenvalue weighted by Crippen LogP contribution is -2.06. The summed E-state index contributed by atoms with van der Waals surface area (Å²) >= 11 is 0. The first-order chi connectivity index (χ1) is 10.2. The maximum absolute atomic E-state index is 11.8. The van der Waals surface area contributed by atoms with Gasteiger partial charge in [-0.2, -0.15) is 0 Å². The fourth-order valence-electron chi connectivity index (χ4n) is 1.80. The van der Waals surface area contributed by atoms with E-state index in [4.69, 9.17) is 4.74 Å². The highest BCUT2D eigenvalue weighted by atomic mass is 16.5. The van der Waals surface area contributed by atoms with Gasteiger partial charge in [-0.15, -0.1) is 0 Å². The summed E-state index contributed by atoms with van der Waals surface area (Å²) in [5.74, 6) is -0.632. The van der Waals surface area contributed by atoms with Gasteiger partial charge < -0.3 is 9.47 Å². The van der Waals surface area contributed by atoms with Crippen LogP contribution in [0.1, 0.15) is 21.5 Å². The molecule has 0 aliphatic rings. The van der Waals surface area contributed by atoms with E-state index in [0.717, 1.165) is 11.1 Å². The van der Waals surface area contributed by atoms with Gasteiger partial charge in [0.25, 0.3) is 0 Å². The van der Waals surface area contributed by atoms with Gasteiger partial charge in [-0.1, -0.05) is 42.5 Å². The molecule has 0 amide bonds. The Hall–Kier alpha value is -2.62. The summed E-state index contributed by atoms with van der Waals surface area (Å²) in [7, 11) is 1.36. The molecule has 0 unspecified atom stereocenters. The molecule has 0 atom stereocenters. The van der Waals surface area contributed by atoms with Crippen LogP contribution in [0.2, 0.25) is 0 Å². The van der Waals surface area contributed by atoms with Crippen molar-refractivity contribution in [1.82, 2.24) is 0 Å². The Morgan fingerprint density at radius 3 is 2.14 bits per heavy atom. The molecule has 0 saturated carbocycles. The lowest BCUT2D eigenvalue weighted by molar-refractivity contribution is -0.139. The van der Waals surface area contributed by atoms with Gasteiger partial charge in [-0.3, -0.25) is 4.79 Å². The van der Waals surface area contributed by atoms with E-state index in [1.54, 1.807) is 24.3 Å². The first-order valence-corrected chi connectivity index (χ1v) is 6.56. The van der Waals surface area contributed by atoms with Gasteiger partial charge in [0, 0.05) is 0 Å². The van der Waals surface area contributed by atoms with Crippen molar-refractivity contribution in [3.05, 3.63) is 71.3 Å². The zero-order chi connectivity index (χ0) is 15.1. The highest BCUT2D eigenvalue weighted by Crippen LogP contribution is 2.09. The molecular formula is C17H16O4. The standard InChI is InChI=1S/C17H16O4/c1-20-16(18)11-13-7-9-14(10-8-13)12-21-17(19)15-5-3-2-4-6-15/h2-10H,11-12H2,1H3. The summed E-state index contributed by atoms with van der Waals surface area (Å²) in [6, 6.07) is 16.1. The minimum Gasteiger partial charge on any atom is -0.469 e.